The molecule has 0 spiro atoms. The molecule has 6 heteroatoms. The van der Waals surface area contributed by atoms with E-state index in [1.165, 1.54) is 33.9 Å². The monoisotopic (exact) mass is 509 g/mol. The smallest absolute Gasteiger partial charge is 0.170 e. The highest BCUT2D eigenvalue weighted by molar-refractivity contribution is 7.80. The van der Waals surface area contributed by atoms with Gasteiger partial charge >= 0.3 is 0 Å². The SMILES string of the molecule is CCN(CC)c1ccc(-n2c(C)cc([C@@H]3[C@H](c4ccccn4)NC(=S)N3Cc3ccccc3)c2C)cc1. The maximum absolute atomic E-state index is 5.91. The van der Waals surface area contributed by atoms with Gasteiger partial charge in [-0.2, -0.15) is 0 Å². The van der Waals surface area contributed by atoms with Crippen molar-refractivity contribution in [3.63, 3.8) is 0 Å². The summed E-state index contributed by atoms with van der Waals surface area (Å²) in [6.07, 6.45) is 1.86. The third-order valence-corrected chi connectivity index (χ3v) is 7.77. The first-order valence-corrected chi connectivity index (χ1v) is 13.5. The van der Waals surface area contributed by atoms with Gasteiger partial charge in [0, 0.05) is 48.6 Å². The van der Waals surface area contributed by atoms with Crippen molar-refractivity contribution in [1.82, 2.24) is 19.8 Å². The van der Waals surface area contributed by atoms with Crippen LogP contribution in [0.3, 0.4) is 0 Å². The van der Waals surface area contributed by atoms with Crippen molar-refractivity contribution in [3.8, 4) is 5.69 Å². The number of aromatic nitrogens is 2. The van der Waals surface area contributed by atoms with Gasteiger partial charge in [-0.1, -0.05) is 36.4 Å². The zero-order valence-corrected chi connectivity index (χ0v) is 22.9. The van der Waals surface area contributed by atoms with E-state index >= 15 is 0 Å². The van der Waals surface area contributed by atoms with E-state index in [-0.39, 0.29) is 12.1 Å². The Bertz CT molecular complexity index is 1340. The molecule has 5 nitrogen and oxygen atoms in total. The number of benzene rings is 2. The molecule has 1 N–H and O–H groups in total. The molecule has 4 aromatic rings. The molecule has 0 aliphatic carbocycles. The second-order valence-corrected chi connectivity index (χ2v) is 9.98. The Hall–Kier alpha value is -3.64. The number of anilines is 1. The van der Waals surface area contributed by atoms with Crippen LogP contribution in [0.15, 0.2) is 85.1 Å². The normalized spacial score (nSPS) is 17.2. The fourth-order valence-corrected chi connectivity index (χ4v) is 5.89. The van der Waals surface area contributed by atoms with Crippen molar-refractivity contribution >= 4 is 23.0 Å². The lowest BCUT2D eigenvalue weighted by molar-refractivity contribution is 0.310. The van der Waals surface area contributed by atoms with Crippen molar-refractivity contribution in [3.05, 3.63) is 113 Å². The highest BCUT2D eigenvalue weighted by atomic mass is 32.1. The Kier molecular flexibility index (Phi) is 7.28. The maximum atomic E-state index is 5.91. The minimum Gasteiger partial charge on any atom is -0.372 e. The van der Waals surface area contributed by atoms with Crippen LogP contribution in [0.25, 0.3) is 5.69 Å². The number of rotatable bonds is 8. The molecular weight excluding hydrogens is 474 g/mol. The maximum Gasteiger partial charge on any atom is 0.170 e. The van der Waals surface area contributed by atoms with Crippen LogP contribution >= 0.6 is 12.2 Å². The fourth-order valence-electron chi connectivity index (χ4n) is 5.58. The molecule has 1 saturated heterocycles. The summed E-state index contributed by atoms with van der Waals surface area (Å²) in [6.45, 7) is 11.5. The predicted molar refractivity (Wildman–Crippen MR) is 156 cm³/mol. The Labute approximate surface area is 225 Å². The molecule has 1 fully saturated rings. The molecule has 0 saturated carbocycles. The molecule has 0 bridgehead atoms. The topological polar surface area (TPSA) is 36.3 Å². The van der Waals surface area contributed by atoms with E-state index < -0.39 is 0 Å². The first-order chi connectivity index (χ1) is 18.0. The minimum absolute atomic E-state index is 0.0255. The van der Waals surface area contributed by atoms with Gasteiger partial charge in [0.2, 0.25) is 0 Å². The summed E-state index contributed by atoms with van der Waals surface area (Å²) < 4.78 is 2.36. The lowest BCUT2D eigenvalue weighted by atomic mass is 9.96. The average Bonchev–Trinajstić information content (AvgIpc) is 3.40. The number of pyridine rings is 1. The van der Waals surface area contributed by atoms with Crippen LogP contribution in [0.4, 0.5) is 5.69 Å². The largest absolute Gasteiger partial charge is 0.372 e. The molecule has 3 heterocycles. The van der Waals surface area contributed by atoms with Crippen LogP contribution in [0.1, 0.15) is 54.1 Å². The van der Waals surface area contributed by atoms with E-state index in [1.807, 2.05) is 18.3 Å². The van der Waals surface area contributed by atoms with E-state index in [0.29, 0.717) is 0 Å². The van der Waals surface area contributed by atoms with Crippen LogP contribution < -0.4 is 10.2 Å². The molecule has 1 aliphatic heterocycles. The van der Waals surface area contributed by atoms with Crippen LogP contribution in [0, 0.1) is 13.8 Å². The fraction of sp³-hybridized carbons (Fsp3) is 0.290. The number of hydrogen-bond acceptors (Lipinski definition) is 3. The van der Waals surface area contributed by atoms with E-state index in [2.05, 4.69) is 114 Å². The highest BCUT2D eigenvalue weighted by Gasteiger charge is 2.41. The van der Waals surface area contributed by atoms with Crippen LogP contribution in [-0.2, 0) is 6.54 Å². The number of nitrogens with zero attached hydrogens (tertiary/aromatic N) is 4. The standard InChI is InChI=1S/C31H35N5S/c1-5-34(6-2)25-15-17-26(18-16-25)36-22(3)20-27(23(36)4)30-29(28-14-10-11-19-32-28)33-31(37)35(30)21-24-12-8-7-9-13-24/h7-20,29-30H,5-6,21H2,1-4H3,(H,33,37)/t29-,30+/m0/s1. The third kappa shape index (κ3) is 4.86. The van der Waals surface area contributed by atoms with E-state index in [1.54, 1.807) is 0 Å². The zero-order valence-electron chi connectivity index (χ0n) is 22.1. The molecule has 2 aromatic heterocycles. The van der Waals surface area contributed by atoms with Gasteiger partial charge in [0.05, 0.1) is 17.8 Å². The highest BCUT2D eigenvalue weighted by Crippen LogP contribution is 2.42. The zero-order chi connectivity index (χ0) is 25.9. The summed E-state index contributed by atoms with van der Waals surface area (Å²) in [5.41, 5.74) is 8.37. The lowest BCUT2D eigenvalue weighted by Crippen LogP contribution is -2.29. The summed E-state index contributed by atoms with van der Waals surface area (Å²) in [4.78, 5) is 9.40. The third-order valence-electron chi connectivity index (χ3n) is 7.42. The Morgan fingerprint density at radius 2 is 1.62 bits per heavy atom. The molecule has 190 valence electrons. The van der Waals surface area contributed by atoms with Gasteiger partial charge in [-0.15, -0.1) is 0 Å². The van der Waals surface area contributed by atoms with Crippen LogP contribution in [0.2, 0.25) is 0 Å². The Morgan fingerprint density at radius 3 is 2.27 bits per heavy atom. The van der Waals surface area contributed by atoms with Crippen LogP contribution in [0.5, 0.6) is 0 Å². The molecule has 0 unspecified atom stereocenters. The predicted octanol–water partition coefficient (Wildman–Crippen LogP) is 6.51. The first-order valence-electron chi connectivity index (χ1n) is 13.1. The number of aryl methyl sites for hydroxylation is 1. The molecular formula is C31H35N5S. The van der Waals surface area contributed by atoms with Gasteiger partial charge in [-0.25, -0.2) is 0 Å². The van der Waals surface area contributed by atoms with Crippen molar-refractivity contribution in [1.29, 1.82) is 0 Å². The number of hydrogen-bond donors (Lipinski definition) is 1. The molecule has 0 amide bonds. The number of thiocarbonyl (C=S) groups is 1. The van der Waals surface area contributed by atoms with Gasteiger partial charge in [0.25, 0.3) is 0 Å². The van der Waals surface area contributed by atoms with Crippen molar-refractivity contribution < 1.29 is 0 Å². The van der Waals surface area contributed by atoms with Gasteiger partial charge in [0.15, 0.2) is 5.11 Å². The Morgan fingerprint density at radius 1 is 0.919 bits per heavy atom. The quantitative estimate of drug-likeness (QED) is 0.274. The molecule has 37 heavy (non-hydrogen) atoms. The van der Waals surface area contributed by atoms with Crippen molar-refractivity contribution in [2.75, 3.05) is 18.0 Å². The first kappa shape index (κ1) is 25.0. The van der Waals surface area contributed by atoms with Gasteiger partial charge < -0.3 is 19.7 Å². The molecule has 1 aliphatic rings. The second-order valence-electron chi connectivity index (χ2n) is 9.59. The van der Waals surface area contributed by atoms with Gasteiger partial charge in [0.1, 0.15) is 0 Å². The van der Waals surface area contributed by atoms with E-state index in [0.717, 1.165) is 30.4 Å². The summed E-state index contributed by atoms with van der Waals surface area (Å²) >= 11 is 5.91. The van der Waals surface area contributed by atoms with Crippen LogP contribution in [-0.4, -0.2) is 32.7 Å². The summed E-state index contributed by atoms with van der Waals surface area (Å²) in [5.74, 6) is 0. The molecule has 2 atom stereocenters. The Balaban J connectivity index is 1.56. The van der Waals surface area contributed by atoms with Crippen molar-refractivity contribution in [2.45, 2.75) is 46.3 Å². The summed E-state index contributed by atoms with van der Waals surface area (Å²) in [6, 6.07) is 27.9. The summed E-state index contributed by atoms with van der Waals surface area (Å²) in [7, 11) is 0. The molecule has 5 rings (SSSR count). The van der Waals surface area contributed by atoms with Gasteiger partial charge in [-0.05, 0) is 93.5 Å². The summed E-state index contributed by atoms with van der Waals surface area (Å²) in [5, 5.41) is 4.36. The average molecular weight is 510 g/mol. The molecule has 0 radical (unpaired) electrons. The van der Waals surface area contributed by atoms with E-state index in [9.17, 15) is 0 Å². The van der Waals surface area contributed by atoms with E-state index in [4.69, 9.17) is 17.2 Å². The van der Waals surface area contributed by atoms with Crippen molar-refractivity contribution in [2.24, 2.45) is 0 Å². The second kappa shape index (κ2) is 10.8. The van der Waals surface area contributed by atoms with Gasteiger partial charge in [-0.3, -0.25) is 4.98 Å². The molecule has 2 aromatic carbocycles. The number of nitrogens with one attached hydrogen (secondary N) is 1. The lowest BCUT2D eigenvalue weighted by Gasteiger charge is -2.28. The minimum atomic E-state index is -0.0311.